The van der Waals surface area contributed by atoms with Crippen molar-refractivity contribution in [2.45, 2.75) is 17.6 Å². The molecule has 1 aromatic heterocycles. The fraction of sp³-hybridized carbons (Fsp3) is 0.267. The summed E-state index contributed by atoms with van der Waals surface area (Å²) < 4.78 is 32.1. The molecular weight excluding hydrogens is 336 g/mol. The van der Waals surface area contributed by atoms with Gasteiger partial charge in [-0.2, -0.15) is 0 Å². The fourth-order valence-electron chi connectivity index (χ4n) is 1.89. The minimum atomic E-state index is -3.59. The predicted molar refractivity (Wildman–Crippen MR) is 91.8 cm³/mol. The Bertz CT molecular complexity index is 782. The van der Waals surface area contributed by atoms with Crippen LogP contribution in [0.3, 0.4) is 0 Å². The van der Waals surface area contributed by atoms with E-state index in [0.29, 0.717) is 11.4 Å². The number of hydrogen-bond acceptors (Lipinski definition) is 5. The van der Waals surface area contributed by atoms with Crippen LogP contribution in [-0.4, -0.2) is 28.7 Å². The fourth-order valence-corrected chi connectivity index (χ4v) is 4.25. The summed E-state index contributed by atoms with van der Waals surface area (Å²) in [5, 5.41) is 0. The van der Waals surface area contributed by atoms with Crippen LogP contribution in [0.25, 0.3) is 0 Å². The third kappa shape index (κ3) is 4.02. The monoisotopic (exact) mass is 354 g/mol. The summed E-state index contributed by atoms with van der Waals surface area (Å²) in [7, 11) is -0.723. The summed E-state index contributed by atoms with van der Waals surface area (Å²) in [5.74, 6) is 0. The van der Waals surface area contributed by atoms with Crippen LogP contribution >= 0.6 is 11.3 Å². The summed E-state index contributed by atoms with van der Waals surface area (Å²) >= 11 is 1.25. The van der Waals surface area contributed by atoms with Crippen LogP contribution in [0.5, 0.6) is 0 Å². The number of methoxy groups -OCH3 is 1. The van der Waals surface area contributed by atoms with E-state index in [9.17, 15) is 13.2 Å². The van der Waals surface area contributed by atoms with Gasteiger partial charge in [-0.05, 0) is 42.8 Å². The second-order valence-electron chi connectivity index (χ2n) is 4.76. The second kappa shape index (κ2) is 7.01. The number of carbonyl (C=O) groups is 1. The van der Waals surface area contributed by atoms with Crippen LogP contribution in [-0.2, 0) is 21.2 Å². The molecule has 23 heavy (non-hydrogen) atoms. The average Bonchev–Trinajstić information content (AvgIpc) is 3.04. The number of ether oxygens (including phenoxy) is 1. The van der Waals surface area contributed by atoms with Gasteiger partial charge in [-0.1, -0.05) is 6.92 Å². The Labute approximate surface area is 139 Å². The summed E-state index contributed by atoms with van der Waals surface area (Å²) in [6.45, 7) is 1.98. The van der Waals surface area contributed by atoms with Gasteiger partial charge < -0.3 is 4.74 Å². The Balaban J connectivity index is 2.15. The topological polar surface area (TPSA) is 75.7 Å². The van der Waals surface area contributed by atoms with Crippen molar-refractivity contribution in [3.63, 3.8) is 0 Å². The molecule has 124 valence electrons. The number of rotatable bonds is 5. The molecule has 0 saturated heterocycles. The molecule has 1 aromatic carbocycles. The lowest BCUT2D eigenvalue weighted by Crippen LogP contribution is -2.25. The number of benzene rings is 1. The minimum Gasteiger partial charge on any atom is -0.452 e. The molecule has 1 heterocycles. The first-order chi connectivity index (χ1) is 10.9. The highest BCUT2D eigenvalue weighted by molar-refractivity contribution is 7.94. The molecule has 1 N–H and O–H groups in total. The average molecular weight is 354 g/mol. The number of nitrogens with one attached hydrogen (secondary N) is 1. The number of nitrogens with zero attached hydrogens (tertiary/aromatic N) is 1. The van der Waals surface area contributed by atoms with Crippen LogP contribution in [0.1, 0.15) is 11.8 Å². The predicted octanol–water partition coefficient (Wildman–Crippen LogP) is 3.31. The number of anilines is 2. The second-order valence-corrected chi connectivity index (χ2v) is 7.83. The summed E-state index contributed by atoms with van der Waals surface area (Å²) in [6, 6.07) is 9.89. The maximum absolute atomic E-state index is 12.3. The van der Waals surface area contributed by atoms with Gasteiger partial charge in [0.1, 0.15) is 4.21 Å². The Morgan fingerprint density at radius 3 is 2.39 bits per heavy atom. The van der Waals surface area contributed by atoms with Crippen LogP contribution in [0, 0.1) is 0 Å². The van der Waals surface area contributed by atoms with E-state index >= 15 is 0 Å². The van der Waals surface area contributed by atoms with E-state index < -0.39 is 16.1 Å². The number of hydrogen-bond donors (Lipinski definition) is 1. The minimum absolute atomic E-state index is 0.283. The van der Waals surface area contributed by atoms with Crippen molar-refractivity contribution in [3.05, 3.63) is 41.3 Å². The maximum atomic E-state index is 12.3. The van der Waals surface area contributed by atoms with Crippen molar-refractivity contribution in [3.8, 4) is 0 Å². The molecule has 0 aliphatic rings. The SMILES string of the molecule is CCc1ccc(S(=O)(=O)Nc2ccc(N(C)C(=O)OC)cc2)s1. The molecule has 8 heteroatoms. The first-order valence-corrected chi connectivity index (χ1v) is 9.20. The molecule has 2 aromatic rings. The van der Waals surface area contributed by atoms with Crippen LogP contribution in [0.2, 0.25) is 0 Å². The van der Waals surface area contributed by atoms with Gasteiger partial charge in [0.15, 0.2) is 0 Å². The van der Waals surface area contributed by atoms with Gasteiger partial charge in [0.2, 0.25) is 0 Å². The molecular formula is C15H18N2O4S2. The molecule has 6 nitrogen and oxygen atoms in total. The number of carbonyl (C=O) groups excluding carboxylic acids is 1. The van der Waals surface area contributed by atoms with Gasteiger partial charge >= 0.3 is 6.09 Å². The number of aryl methyl sites for hydroxylation is 1. The number of sulfonamides is 1. The molecule has 0 spiro atoms. The lowest BCUT2D eigenvalue weighted by molar-refractivity contribution is 0.180. The third-order valence-electron chi connectivity index (χ3n) is 3.21. The molecule has 0 fully saturated rings. The molecule has 0 radical (unpaired) electrons. The van der Waals surface area contributed by atoms with Crippen molar-refractivity contribution in [1.29, 1.82) is 0 Å². The van der Waals surface area contributed by atoms with Crippen LogP contribution in [0.4, 0.5) is 16.2 Å². The smallest absolute Gasteiger partial charge is 0.413 e. The Kier molecular flexibility index (Phi) is 5.27. The normalized spacial score (nSPS) is 11.1. The first-order valence-electron chi connectivity index (χ1n) is 6.90. The zero-order valence-corrected chi connectivity index (χ0v) is 14.7. The molecule has 0 saturated carbocycles. The number of thiophene rings is 1. The Morgan fingerprint density at radius 1 is 1.22 bits per heavy atom. The number of amides is 1. The lowest BCUT2D eigenvalue weighted by atomic mass is 10.3. The Morgan fingerprint density at radius 2 is 1.87 bits per heavy atom. The summed E-state index contributed by atoms with van der Waals surface area (Å²) in [5.41, 5.74) is 1.03. The largest absolute Gasteiger partial charge is 0.452 e. The van der Waals surface area contributed by atoms with Crippen LogP contribution < -0.4 is 9.62 Å². The van der Waals surface area contributed by atoms with E-state index in [-0.39, 0.29) is 4.21 Å². The zero-order chi connectivity index (χ0) is 17.0. The highest BCUT2D eigenvalue weighted by Gasteiger charge is 2.17. The van der Waals surface area contributed by atoms with Crippen LogP contribution in [0.15, 0.2) is 40.6 Å². The molecule has 0 atom stereocenters. The van der Waals surface area contributed by atoms with Gasteiger partial charge in [0.25, 0.3) is 10.0 Å². The summed E-state index contributed by atoms with van der Waals surface area (Å²) in [4.78, 5) is 13.8. The van der Waals surface area contributed by atoms with E-state index in [1.165, 1.54) is 23.3 Å². The van der Waals surface area contributed by atoms with E-state index in [1.807, 2.05) is 13.0 Å². The van der Waals surface area contributed by atoms with E-state index in [4.69, 9.17) is 0 Å². The standard InChI is InChI=1S/C15H18N2O4S2/c1-4-13-9-10-14(22-13)23(19,20)16-11-5-7-12(8-6-11)17(2)15(18)21-3/h5-10,16H,4H2,1-3H3. The first kappa shape index (κ1) is 17.3. The quantitative estimate of drug-likeness (QED) is 0.894. The molecule has 2 rings (SSSR count). The molecule has 0 bridgehead atoms. The van der Waals surface area contributed by atoms with Gasteiger partial charge in [-0.3, -0.25) is 9.62 Å². The lowest BCUT2D eigenvalue weighted by Gasteiger charge is -2.16. The van der Waals surface area contributed by atoms with Crippen molar-refractivity contribution in [2.24, 2.45) is 0 Å². The van der Waals surface area contributed by atoms with Crippen molar-refractivity contribution in [2.75, 3.05) is 23.8 Å². The van der Waals surface area contributed by atoms with Crippen molar-refractivity contribution >= 4 is 38.8 Å². The van der Waals surface area contributed by atoms with E-state index in [0.717, 1.165) is 11.3 Å². The Hall–Kier alpha value is -2.06. The van der Waals surface area contributed by atoms with Gasteiger partial charge in [0.05, 0.1) is 7.11 Å². The molecule has 0 aliphatic carbocycles. The van der Waals surface area contributed by atoms with Crippen molar-refractivity contribution in [1.82, 2.24) is 0 Å². The third-order valence-corrected chi connectivity index (χ3v) is 6.31. The zero-order valence-electron chi connectivity index (χ0n) is 13.1. The maximum Gasteiger partial charge on any atom is 0.413 e. The van der Waals surface area contributed by atoms with E-state index in [2.05, 4.69) is 9.46 Å². The van der Waals surface area contributed by atoms with Gasteiger partial charge in [-0.25, -0.2) is 13.2 Å². The van der Waals surface area contributed by atoms with E-state index in [1.54, 1.807) is 37.4 Å². The molecule has 0 unspecified atom stereocenters. The van der Waals surface area contributed by atoms with Crippen molar-refractivity contribution < 1.29 is 17.9 Å². The van der Waals surface area contributed by atoms with Gasteiger partial charge in [0, 0.05) is 23.3 Å². The molecule has 1 amide bonds. The van der Waals surface area contributed by atoms with Gasteiger partial charge in [-0.15, -0.1) is 11.3 Å². The summed E-state index contributed by atoms with van der Waals surface area (Å²) in [6.07, 6.45) is 0.304. The highest BCUT2D eigenvalue weighted by Crippen LogP contribution is 2.25. The molecule has 0 aliphatic heterocycles. The highest BCUT2D eigenvalue weighted by atomic mass is 32.2.